The van der Waals surface area contributed by atoms with Crippen molar-refractivity contribution in [3.63, 3.8) is 0 Å². The van der Waals surface area contributed by atoms with Gasteiger partial charge in [0.1, 0.15) is 0 Å². The van der Waals surface area contributed by atoms with E-state index < -0.39 is 6.10 Å². The molecule has 13 heavy (non-hydrogen) atoms. The highest BCUT2D eigenvalue weighted by Crippen LogP contribution is 2.32. The minimum absolute atomic E-state index is 0.134. The summed E-state index contributed by atoms with van der Waals surface area (Å²) in [6.45, 7) is 1.27. The number of para-hydroxylation sites is 1. The van der Waals surface area contributed by atoms with Crippen LogP contribution in [0.25, 0.3) is 0 Å². The molecule has 0 amide bonds. The third kappa shape index (κ3) is 1.41. The minimum atomic E-state index is -0.414. The van der Waals surface area contributed by atoms with Crippen molar-refractivity contribution in [1.82, 2.24) is 0 Å². The van der Waals surface area contributed by atoms with E-state index >= 15 is 0 Å². The highest BCUT2D eigenvalue weighted by Gasteiger charge is 2.25. The molecule has 1 heterocycles. The molecule has 70 valence electrons. The van der Waals surface area contributed by atoms with Crippen LogP contribution in [0, 0.1) is 5.92 Å². The Labute approximate surface area is 77.6 Å². The SMILES string of the molecule is NC[C@H]1CNc2ccccc2[C@H]1O. The number of aliphatic hydroxyl groups excluding tert-OH is 1. The number of nitrogens with two attached hydrogens (primary N) is 1. The molecule has 4 N–H and O–H groups in total. The lowest BCUT2D eigenvalue weighted by Crippen LogP contribution is -2.33. The van der Waals surface area contributed by atoms with Crippen molar-refractivity contribution in [1.29, 1.82) is 0 Å². The van der Waals surface area contributed by atoms with Crippen molar-refractivity contribution in [2.24, 2.45) is 11.7 Å². The number of benzene rings is 1. The van der Waals surface area contributed by atoms with Gasteiger partial charge < -0.3 is 16.2 Å². The van der Waals surface area contributed by atoms with Crippen molar-refractivity contribution in [3.05, 3.63) is 29.8 Å². The van der Waals surface area contributed by atoms with E-state index in [0.717, 1.165) is 17.8 Å². The molecule has 3 nitrogen and oxygen atoms in total. The van der Waals surface area contributed by atoms with Crippen molar-refractivity contribution in [2.75, 3.05) is 18.4 Å². The average molecular weight is 178 g/mol. The van der Waals surface area contributed by atoms with Crippen LogP contribution in [0.4, 0.5) is 5.69 Å². The molecule has 1 aromatic rings. The number of rotatable bonds is 1. The first-order chi connectivity index (χ1) is 6.33. The molecule has 0 fully saturated rings. The van der Waals surface area contributed by atoms with E-state index in [-0.39, 0.29) is 5.92 Å². The molecule has 1 aromatic carbocycles. The Balaban J connectivity index is 2.33. The van der Waals surface area contributed by atoms with Crippen LogP contribution in [0.1, 0.15) is 11.7 Å². The maximum atomic E-state index is 9.90. The monoisotopic (exact) mass is 178 g/mol. The van der Waals surface area contributed by atoms with E-state index in [9.17, 15) is 5.11 Å². The number of hydrogen-bond donors (Lipinski definition) is 3. The summed E-state index contributed by atoms with van der Waals surface area (Å²) < 4.78 is 0. The van der Waals surface area contributed by atoms with Gasteiger partial charge in [0, 0.05) is 23.7 Å². The van der Waals surface area contributed by atoms with Crippen LogP contribution in [-0.2, 0) is 0 Å². The van der Waals surface area contributed by atoms with Gasteiger partial charge in [-0.05, 0) is 12.6 Å². The molecule has 0 saturated carbocycles. The zero-order valence-corrected chi connectivity index (χ0v) is 7.40. The van der Waals surface area contributed by atoms with E-state index in [1.165, 1.54) is 0 Å². The normalized spacial score (nSPS) is 26.3. The summed E-state index contributed by atoms with van der Waals surface area (Å²) in [5, 5.41) is 13.2. The number of aliphatic hydroxyl groups is 1. The molecule has 0 aliphatic carbocycles. The van der Waals surface area contributed by atoms with Crippen LogP contribution in [0.5, 0.6) is 0 Å². The Morgan fingerprint density at radius 3 is 3.00 bits per heavy atom. The van der Waals surface area contributed by atoms with Crippen molar-refractivity contribution >= 4 is 5.69 Å². The fourth-order valence-corrected chi connectivity index (χ4v) is 1.73. The third-order valence-corrected chi connectivity index (χ3v) is 2.58. The van der Waals surface area contributed by atoms with E-state index in [4.69, 9.17) is 5.73 Å². The first kappa shape index (κ1) is 8.53. The number of nitrogens with one attached hydrogen (secondary N) is 1. The van der Waals surface area contributed by atoms with Gasteiger partial charge in [0.2, 0.25) is 0 Å². The van der Waals surface area contributed by atoms with Crippen LogP contribution in [0.15, 0.2) is 24.3 Å². The van der Waals surface area contributed by atoms with Crippen LogP contribution in [0.3, 0.4) is 0 Å². The minimum Gasteiger partial charge on any atom is -0.388 e. The Bertz CT molecular complexity index is 301. The van der Waals surface area contributed by atoms with Crippen molar-refractivity contribution in [2.45, 2.75) is 6.10 Å². The second-order valence-corrected chi connectivity index (χ2v) is 3.41. The van der Waals surface area contributed by atoms with Crippen molar-refractivity contribution in [3.8, 4) is 0 Å². The van der Waals surface area contributed by atoms with E-state index in [2.05, 4.69) is 5.32 Å². The fourth-order valence-electron chi connectivity index (χ4n) is 1.73. The molecule has 0 bridgehead atoms. The van der Waals surface area contributed by atoms with Gasteiger partial charge in [0.15, 0.2) is 0 Å². The Morgan fingerprint density at radius 2 is 2.23 bits per heavy atom. The van der Waals surface area contributed by atoms with Crippen LogP contribution >= 0.6 is 0 Å². The highest BCUT2D eigenvalue weighted by molar-refractivity contribution is 5.54. The summed E-state index contributed by atoms with van der Waals surface area (Å²) in [6.07, 6.45) is -0.414. The number of anilines is 1. The maximum absolute atomic E-state index is 9.90. The summed E-state index contributed by atoms with van der Waals surface area (Å²) in [5.41, 5.74) is 7.54. The van der Waals surface area contributed by atoms with E-state index in [1.807, 2.05) is 24.3 Å². The molecule has 1 aliphatic rings. The zero-order chi connectivity index (χ0) is 9.26. The molecule has 0 unspecified atom stereocenters. The second kappa shape index (κ2) is 3.36. The molecule has 0 spiro atoms. The van der Waals surface area contributed by atoms with E-state index in [1.54, 1.807) is 0 Å². The smallest absolute Gasteiger partial charge is 0.0867 e. The maximum Gasteiger partial charge on any atom is 0.0867 e. The Hall–Kier alpha value is -1.06. The lowest BCUT2D eigenvalue weighted by molar-refractivity contribution is 0.114. The molecular weight excluding hydrogens is 164 g/mol. The average Bonchev–Trinajstić information content (AvgIpc) is 2.19. The number of hydrogen-bond acceptors (Lipinski definition) is 3. The zero-order valence-electron chi connectivity index (χ0n) is 7.40. The molecule has 0 aromatic heterocycles. The summed E-state index contributed by atoms with van der Waals surface area (Å²) in [5.74, 6) is 0.134. The van der Waals surface area contributed by atoms with E-state index in [0.29, 0.717) is 6.54 Å². The van der Waals surface area contributed by atoms with Crippen LogP contribution < -0.4 is 11.1 Å². The van der Waals surface area contributed by atoms with Crippen LogP contribution in [-0.4, -0.2) is 18.2 Å². The topological polar surface area (TPSA) is 58.3 Å². The van der Waals surface area contributed by atoms with Gasteiger partial charge in [-0.25, -0.2) is 0 Å². The number of fused-ring (bicyclic) bond motifs is 1. The predicted molar refractivity (Wildman–Crippen MR) is 52.4 cm³/mol. The fraction of sp³-hybridized carbons (Fsp3) is 0.400. The summed E-state index contributed by atoms with van der Waals surface area (Å²) in [4.78, 5) is 0. The first-order valence-corrected chi connectivity index (χ1v) is 4.54. The molecule has 1 aliphatic heterocycles. The largest absolute Gasteiger partial charge is 0.388 e. The Morgan fingerprint density at radius 1 is 1.46 bits per heavy atom. The third-order valence-electron chi connectivity index (χ3n) is 2.58. The summed E-state index contributed by atoms with van der Waals surface area (Å²) in [6, 6.07) is 7.81. The quantitative estimate of drug-likeness (QED) is 0.594. The lowest BCUT2D eigenvalue weighted by atomic mass is 9.91. The molecule has 0 saturated heterocycles. The van der Waals surface area contributed by atoms with Gasteiger partial charge >= 0.3 is 0 Å². The molecule has 2 atom stereocenters. The van der Waals surface area contributed by atoms with Crippen molar-refractivity contribution < 1.29 is 5.11 Å². The summed E-state index contributed by atoms with van der Waals surface area (Å²) >= 11 is 0. The standard InChI is InChI=1S/C10H14N2O/c11-5-7-6-12-9-4-2-1-3-8(9)10(7)13/h1-4,7,10,12-13H,5-6,11H2/t7-,10-/m0/s1. The first-order valence-electron chi connectivity index (χ1n) is 4.54. The van der Waals surface area contributed by atoms with Gasteiger partial charge in [-0.2, -0.15) is 0 Å². The summed E-state index contributed by atoms with van der Waals surface area (Å²) in [7, 11) is 0. The highest BCUT2D eigenvalue weighted by atomic mass is 16.3. The molecule has 2 rings (SSSR count). The molecule has 0 radical (unpaired) electrons. The molecular formula is C10H14N2O. The van der Waals surface area contributed by atoms with Gasteiger partial charge in [-0.15, -0.1) is 0 Å². The predicted octanol–water partition coefficient (Wildman–Crippen LogP) is 0.720. The van der Waals surface area contributed by atoms with Crippen LogP contribution in [0.2, 0.25) is 0 Å². The Kier molecular flexibility index (Phi) is 2.20. The van der Waals surface area contributed by atoms with Gasteiger partial charge in [-0.1, -0.05) is 18.2 Å². The van der Waals surface area contributed by atoms with Gasteiger partial charge in [0.25, 0.3) is 0 Å². The lowest BCUT2D eigenvalue weighted by Gasteiger charge is -2.30. The second-order valence-electron chi connectivity index (χ2n) is 3.41. The van der Waals surface area contributed by atoms with Gasteiger partial charge in [-0.3, -0.25) is 0 Å². The van der Waals surface area contributed by atoms with Gasteiger partial charge in [0.05, 0.1) is 6.10 Å². The molecule has 3 heteroatoms.